The summed E-state index contributed by atoms with van der Waals surface area (Å²) >= 11 is 0. The van der Waals surface area contributed by atoms with Crippen LogP contribution >= 0.6 is 0 Å². The first-order valence-corrected chi connectivity index (χ1v) is 10.1. The number of aryl methyl sites for hydroxylation is 1. The first-order valence-electron chi connectivity index (χ1n) is 10.1. The Kier molecular flexibility index (Phi) is 4.54. The normalized spacial score (nSPS) is 16.0. The molecule has 1 spiro atoms. The van der Waals surface area contributed by atoms with Gasteiger partial charge in [-0.1, -0.05) is 24.3 Å². The van der Waals surface area contributed by atoms with E-state index in [1.165, 1.54) is 12.3 Å². The summed E-state index contributed by atoms with van der Waals surface area (Å²) < 4.78 is 34.0. The molecule has 7 heteroatoms. The number of carbonyl (C=O) groups excluding carboxylic acids is 1. The summed E-state index contributed by atoms with van der Waals surface area (Å²) in [5.74, 6) is -1.84. The molecule has 0 saturated heterocycles. The summed E-state index contributed by atoms with van der Waals surface area (Å²) in [5, 5.41) is 2.40. The Hall–Kier alpha value is -3.61. The Balaban J connectivity index is 1.45. The van der Waals surface area contributed by atoms with Gasteiger partial charge in [0.25, 0.3) is 5.91 Å². The summed E-state index contributed by atoms with van der Waals surface area (Å²) in [6.07, 6.45) is 8.03. The summed E-state index contributed by atoms with van der Waals surface area (Å²) in [6.45, 7) is 2.01. The number of nitrogens with zero attached hydrogens (tertiary/aromatic N) is 2. The molecule has 2 aromatic carbocycles. The van der Waals surface area contributed by atoms with Crippen LogP contribution in [0.1, 0.15) is 46.4 Å². The third-order valence-corrected chi connectivity index (χ3v) is 5.77. The monoisotopic (exact) mass is 419 g/mol. The third kappa shape index (κ3) is 3.36. The van der Waals surface area contributed by atoms with Gasteiger partial charge in [-0.2, -0.15) is 0 Å². The molecule has 2 aliphatic rings. The molecule has 31 heavy (non-hydrogen) atoms. The molecule has 1 aliphatic heterocycles. The zero-order valence-corrected chi connectivity index (χ0v) is 16.8. The highest BCUT2D eigenvalue weighted by Gasteiger charge is 2.42. The Labute approximate surface area is 177 Å². The maximum atomic E-state index is 13.8. The van der Waals surface area contributed by atoms with Gasteiger partial charge in [0.05, 0.1) is 18.1 Å². The predicted molar refractivity (Wildman–Crippen MR) is 112 cm³/mol. The van der Waals surface area contributed by atoms with E-state index in [9.17, 15) is 13.6 Å². The van der Waals surface area contributed by atoms with Crippen molar-refractivity contribution in [2.24, 2.45) is 0 Å². The molecule has 0 unspecified atom stereocenters. The lowest BCUT2D eigenvalue weighted by atomic mass is 9.76. The van der Waals surface area contributed by atoms with Crippen molar-refractivity contribution in [1.29, 1.82) is 0 Å². The van der Waals surface area contributed by atoms with E-state index in [1.807, 2.05) is 25.1 Å². The van der Waals surface area contributed by atoms with Crippen LogP contribution in [0.4, 0.5) is 14.6 Å². The van der Waals surface area contributed by atoms with Gasteiger partial charge in [0, 0.05) is 11.1 Å². The summed E-state index contributed by atoms with van der Waals surface area (Å²) in [4.78, 5) is 21.0. The number of aromatic nitrogens is 2. The number of amides is 1. The molecule has 1 N–H and O–H groups in total. The second-order valence-corrected chi connectivity index (χ2v) is 7.87. The number of anilines is 1. The number of benzene rings is 2. The Bertz CT molecular complexity index is 1200. The van der Waals surface area contributed by atoms with Crippen molar-refractivity contribution in [3.8, 4) is 5.75 Å². The molecule has 5 rings (SSSR count). The molecule has 0 radical (unpaired) electrons. The van der Waals surface area contributed by atoms with E-state index in [1.54, 1.807) is 6.20 Å². The highest BCUT2D eigenvalue weighted by atomic mass is 19.1. The van der Waals surface area contributed by atoms with Crippen molar-refractivity contribution in [3.63, 3.8) is 0 Å². The smallest absolute Gasteiger partial charge is 0.262 e. The minimum Gasteiger partial charge on any atom is -0.482 e. The molecule has 156 valence electrons. The molecule has 5 nitrogen and oxygen atoms in total. The van der Waals surface area contributed by atoms with Gasteiger partial charge in [-0.05, 0) is 50.0 Å². The molecule has 1 fully saturated rings. The van der Waals surface area contributed by atoms with E-state index in [-0.39, 0.29) is 11.4 Å². The summed E-state index contributed by atoms with van der Waals surface area (Å²) in [6, 6.07) is 9.22. The molecule has 0 atom stereocenters. The average molecular weight is 419 g/mol. The molecule has 3 aromatic rings. The lowest BCUT2D eigenvalue weighted by Crippen LogP contribution is -2.43. The minimum atomic E-state index is -0.938. The fourth-order valence-electron chi connectivity index (χ4n) is 3.98. The summed E-state index contributed by atoms with van der Waals surface area (Å²) in [5.41, 5.74) is 2.59. The zero-order chi connectivity index (χ0) is 21.6. The van der Waals surface area contributed by atoms with E-state index in [0.717, 1.165) is 53.8 Å². The topological polar surface area (TPSA) is 64.1 Å². The van der Waals surface area contributed by atoms with Gasteiger partial charge in [-0.25, -0.2) is 13.8 Å². The molecular formula is C24H19F2N3O2. The highest BCUT2D eigenvalue weighted by Crippen LogP contribution is 2.48. The predicted octanol–water partition coefficient (Wildman–Crippen LogP) is 5.06. The number of hydrogen-bond acceptors (Lipinski definition) is 4. The lowest BCUT2D eigenvalue weighted by molar-refractivity contribution is 0.0369. The largest absolute Gasteiger partial charge is 0.482 e. The van der Waals surface area contributed by atoms with Crippen molar-refractivity contribution >= 4 is 17.3 Å². The second-order valence-electron chi connectivity index (χ2n) is 7.87. The van der Waals surface area contributed by atoms with Gasteiger partial charge in [0.15, 0.2) is 5.82 Å². The van der Waals surface area contributed by atoms with Crippen LogP contribution in [0.15, 0.2) is 54.9 Å². The number of carbonyl (C=O) groups is 1. The lowest BCUT2D eigenvalue weighted by Gasteiger charge is -2.43. The van der Waals surface area contributed by atoms with Crippen LogP contribution in [0.3, 0.4) is 0 Å². The number of halogens is 2. The van der Waals surface area contributed by atoms with Gasteiger partial charge >= 0.3 is 0 Å². The van der Waals surface area contributed by atoms with Crippen LogP contribution in [0, 0.1) is 18.6 Å². The molecule has 1 aliphatic carbocycles. The Morgan fingerprint density at radius 3 is 2.45 bits per heavy atom. The van der Waals surface area contributed by atoms with Crippen LogP contribution in [-0.4, -0.2) is 21.5 Å². The van der Waals surface area contributed by atoms with Crippen LogP contribution in [0.5, 0.6) is 5.75 Å². The van der Waals surface area contributed by atoms with Crippen LogP contribution in [-0.2, 0) is 0 Å². The molecule has 1 aromatic heterocycles. The van der Waals surface area contributed by atoms with Gasteiger partial charge in [-0.3, -0.25) is 9.78 Å². The fraction of sp³-hybridized carbons (Fsp3) is 0.208. The minimum absolute atomic E-state index is 0.104. The first kappa shape index (κ1) is 19.4. The molecule has 1 amide bonds. The SMILES string of the molecule is Cc1cccc2c1OC1(C=C2c2cnc(NC(=O)c3c(F)cccc3F)cn2)CCC1. The molecule has 1 saturated carbocycles. The Morgan fingerprint density at radius 1 is 1.06 bits per heavy atom. The van der Waals surface area contributed by atoms with Crippen LogP contribution in [0.25, 0.3) is 5.57 Å². The van der Waals surface area contributed by atoms with Gasteiger partial charge < -0.3 is 10.1 Å². The Morgan fingerprint density at radius 2 is 1.81 bits per heavy atom. The van der Waals surface area contributed by atoms with Gasteiger partial charge in [-0.15, -0.1) is 0 Å². The first-order chi connectivity index (χ1) is 15.0. The van der Waals surface area contributed by atoms with E-state index in [0.29, 0.717) is 5.69 Å². The van der Waals surface area contributed by atoms with Crippen molar-refractivity contribution in [2.45, 2.75) is 31.8 Å². The van der Waals surface area contributed by atoms with Crippen molar-refractivity contribution in [3.05, 3.63) is 88.9 Å². The second kappa shape index (κ2) is 7.27. The maximum Gasteiger partial charge on any atom is 0.262 e. The number of fused-ring (bicyclic) bond motifs is 1. The highest BCUT2D eigenvalue weighted by molar-refractivity contribution is 6.04. The van der Waals surface area contributed by atoms with Crippen LogP contribution in [0.2, 0.25) is 0 Å². The average Bonchev–Trinajstić information content (AvgIpc) is 2.73. The number of para-hydroxylation sites is 1. The third-order valence-electron chi connectivity index (χ3n) is 5.77. The molecule has 0 bridgehead atoms. The van der Waals surface area contributed by atoms with E-state index in [2.05, 4.69) is 21.4 Å². The zero-order valence-electron chi connectivity index (χ0n) is 16.8. The van der Waals surface area contributed by atoms with Crippen molar-refractivity contribution in [1.82, 2.24) is 9.97 Å². The fourth-order valence-corrected chi connectivity index (χ4v) is 3.98. The maximum absolute atomic E-state index is 13.8. The quantitative estimate of drug-likeness (QED) is 0.644. The van der Waals surface area contributed by atoms with Crippen LogP contribution < -0.4 is 10.1 Å². The summed E-state index contributed by atoms with van der Waals surface area (Å²) in [7, 11) is 0. The van der Waals surface area contributed by atoms with Crippen molar-refractivity contribution in [2.75, 3.05) is 5.32 Å². The van der Waals surface area contributed by atoms with Gasteiger partial charge in [0.1, 0.15) is 28.5 Å². The van der Waals surface area contributed by atoms with E-state index in [4.69, 9.17) is 4.74 Å². The van der Waals surface area contributed by atoms with Crippen molar-refractivity contribution < 1.29 is 18.3 Å². The molecular weight excluding hydrogens is 400 g/mol. The number of nitrogens with one attached hydrogen (secondary N) is 1. The standard InChI is InChI=1S/C24H19F2N3O2/c1-14-5-2-6-15-16(11-24(9-4-10-24)31-22(14)15)19-12-28-20(13-27-19)29-23(30)21-17(25)7-3-8-18(21)26/h2-3,5-8,11-13H,4,9-10H2,1H3,(H,28,29,30). The number of ether oxygens (including phenoxy) is 1. The molecule has 2 heterocycles. The number of rotatable bonds is 3. The van der Waals surface area contributed by atoms with E-state index >= 15 is 0 Å². The van der Waals surface area contributed by atoms with E-state index < -0.39 is 23.1 Å². The van der Waals surface area contributed by atoms with Gasteiger partial charge in [0.2, 0.25) is 0 Å². The number of hydrogen-bond donors (Lipinski definition) is 1.